The molecule has 34 heavy (non-hydrogen) atoms. The largest absolute Gasteiger partial charge is 0.324 e. The van der Waals surface area contributed by atoms with Crippen LogP contribution in [0, 0.1) is 17.0 Å². The first-order valence-electron chi connectivity index (χ1n) is 10.5. The van der Waals surface area contributed by atoms with E-state index in [1.54, 1.807) is 26.8 Å². The van der Waals surface area contributed by atoms with E-state index in [9.17, 15) is 32.9 Å². The molecule has 2 aromatic rings. The number of carbonyl (C=O) groups excluding carboxylic acids is 3. The van der Waals surface area contributed by atoms with Gasteiger partial charge >= 0.3 is 0 Å². The van der Waals surface area contributed by atoms with E-state index in [1.165, 1.54) is 35.5 Å². The van der Waals surface area contributed by atoms with Crippen molar-refractivity contribution in [2.75, 3.05) is 18.4 Å². The molecule has 0 fully saturated rings. The first-order chi connectivity index (χ1) is 15.9. The van der Waals surface area contributed by atoms with Crippen molar-refractivity contribution in [3.63, 3.8) is 0 Å². The van der Waals surface area contributed by atoms with Gasteiger partial charge in [-0.15, -0.1) is 0 Å². The van der Waals surface area contributed by atoms with Crippen LogP contribution in [0.1, 0.15) is 47.1 Å². The Morgan fingerprint density at radius 2 is 1.79 bits per heavy atom. The number of nitrogens with zero attached hydrogens (tertiary/aromatic N) is 3. The third kappa shape index (κ3) is 4.17. The average molecular weight is 489 g/mol. The fraction of sp³-hybridized carbons (Fsp3) is 0.318. The number of sulfonamides is 1. The van der Waals surface area contributed by atoms with Crippen LogP contribution in [0.2, 0.25) is 0 Å². The maximum Gasteiger partial charge on any atom is 0.282 e. The minimum absolute atomic E-state index is 0.0259. The highest BCUT2D eigenvalue weighted by atomic mass is 32.2. The Hall–Kier alpha value is -3.64. The third-order valence-corrected chi connectivity index (χ3v) is 7.86. The second kappa shape index (κ2) is 9.31. The number of hydrogen-bond acceptors (Lipinski definition) is 7. The summed E-state index contributed by atoms with van der Waals surface area (Å²) in [6.45, 7) is 6.93. The van der Waals surface area contributed by atoms with Crippen molar-refractivity contribution in [1.82, 2.24) is 9.21 Å². The number of nitro benzene ring substituents is 1. The summed E-state index contributed by atoms with van der Waals surface area (Å²) in [6.07, 6.45) is 0. The van der Waals surface area contributed by atoms with E-state index in [2.05, 4.69) is 5.32 Å². The Morgan fingerprint density at radius 3 is 2.38 bits per heavy atom. The van der Waals surface area contributed by atoms with Crippen molar-refractivity contribution in [3.8, 4) is 0 Å². The van der Waals surface area contributed by atoms with Gasteiger partial charge in [0, 0.05) is 24.8 Å². The number of rotatable bonds is 8. The second-order valence-electron chi connectivity index (χ2n) is 7.67. The highest BCUT2D eigenvalue weighted by molar-refractivity contribution is 7.89. The first kappa shape index (κ1) is 25.0. The monoisotopic (exact) mass is 488 g/mol. The summed E-state index contributed by atoms with van der Waals surface area (Å²) < 4.78 is 27.2. The van der Waals surface area contributed by atoms with E-state index in [-0.39, 0.29) is 34.8 Å². The molecule has 0 aromatic heterocycles. The van der Waals surface area contributed by atoms with E-state index in [4.69, 9.17) is 0 Å². The van der Waals surface area contributed by atoms with Crippen LogP contribution in [0.5, 0.6) is 0 Å². The molecular weight excluding hydrogens is 464 g/mol. The predicted octanol–water partition coefficient (Wildman–Crippen LogP) is 2.56. The highest BCUT2D eigenvalue weighted by Gasteiger charge is 2.44. The zero-order valence-electron chi connectivity index (χ0n) is 19.1. The summed E-state index contributed by atoms with van der Waals surface area (Å²) in [5.74, 6) is -2.52. The molecule has 0 spiro atoms. The summed E-state index contributed by atoms with van der Waals surface area (Å²) in [6, 6.07) is 6.76. The molecule has 2 aromatic carbocycles. The number of carbonyl (C=O) groups is 3. The molecular formula is C22H24N4O7S. The standard InChI is InChI=1S/C22H24N4O7S/c1-5-24(6-2)34(32,33)18-12-15(11-10-13(18)3)23-20(27)14(4)25-21(28)16-8-7-9-17(26(30)31)19(16)22(25)29/h7-12,14H,5-6H2,1-4H3,(H,23,27). The van der Waals surface area contributed by atoms with Gasteiger partial charge in [0.25, 0.3) is 17.5 Å². The van der Waals surface area contributed by atoms with Crippen molar-refractivity contribution >= 4 is 39.1 Å². The number of nitrogens with one attached hydrogen (secondary N) is 1. The van der Waals surface area contributed by atoms with Crippen LogP contribution in [0.15, 0.2) is 41.3 Å². The molecule has 1 heterocycles. The quantitative estimate of drug-likeness (QED) is 0.341. The smallest absolute Gasteiger partial charge is 0.282 e. The molecule has 1 unspecified atom stereocenters. The molecule has 0 radical (unpaired) electrons. The molecule has 11 nitrogen and oxygen atoms in total. The number of hydrogen-bond donors (Lipinski definition) is 1. The lowest BCUT2D eigenvalue weighted by atomic mass is 10.1. The molecule has 180 valence electrons. The Bertz CT molecular complexity index is 1300. The Balaban J connectivity index is 1.89. The zero-order chi connectivity index (χ0) is 25.4. The average Bonchev–Trinajstić information content (AvgIpc) is 3.05. The number of amides is 3. The third-order valence-electron chi connectivity index (χ3n) is 5.67. The summed E-state index contributed by atoms with van der Waals surface area (Å²) in [5, 5.41) is 13.8. The van der Waals surface area contributed by atoms with Crippen LogP contribution in [0.25, 0.3) is 0 Å². The lowest BCUT2D eigenvalue weighted by molar-refractivity contribution is -0.385. The Kier molecular flexibility index (Phi) is 6.84. The van der Waals surface area contributed by atoms with E-state index in [0.29, 0.717) is 10.5 Å². The number of imide groups is 1. The predicted molar refractivity (Wildman–Crippen MR) is 123 cm³/mol. The molecule has 0 aliphatic carbocycles. The molecule has 0 saturated heterocycles. The zero-order valence-corrected chi connectivity index (χ0v) is 19.9. The molecule has 1 atom stereocenters. The van der Waals surface area contributed by atoms with E-state index in [0.717, 1.165) is 6.07 Å². The number of nitro groups is 1. The van der Waals surface area contributed by atoms with Gasteiger partial charge in [0.15, 0.2) is 0 Å². The molecule has 3 rings (SSSR count). The van der Waals surface area contributed by atoms with Gasteiger partial charge in [-0.1, -0.05) is 26.0 Å². The van der Waals surface area contributed by atoms with Crippen molar-refractivity contribution in [2.24, 2.45) is 0 Å². The Labute approximate surface area is 196 Å². The van der Waals surface area contributed by atoms with Crippen LogP contribution in [-0.4, -0.2) is 59.4 Å². The normalized spacial score (nSPS) is 14.3. The minimum Gasteiger partial charge on any atom is -0.324 e. The van der Waals surface area contributed by atoms with Crippen molar-refractivity contribution in [3.05, 3.63) is 63.2 Å². The molecule has 0 saturated carbocycles. The number of benzene rings is 2. The van der Waals surface area contributed by atoms with Gasteiger partial charge in [-0.2, -0.15) is 4.31 Å². The summed E-state index contributed by atoms with van der Waals surface area (Å²) in [7, 11) is -3.79. The maximum absolute atomic E-state index is 13.0. The number of fused-ring (bicyclic) bond motifs is 1. The topological polar surface area (TPSA) is 147 Å². The van der Waals surface area contributed by atoms with E-state index in [1.807, 2.05) is 0 Å². The second-order valence-corrected chi connectivity index (χ2v) is 9.58. The van der Waals surface area contributed by atoms with Crippen molar-refractivity contribution in [1.29, 1.82) is 0 Å². The fourth-order valence-electron chi connectivity index (χ4n) is 3.81. The van der Waals surface area contributed by atoms with Crippen LogP contribution >= 0.6 is 0 Å². The Morgan fingerprint density at radius 1 is 1.15 bits per heavy atom. The lowest BCUT2D eigenvalue weighted by Crippen LogP contribution is -2.45. The molecule has 12 heteroatoms. The minimum atomic E-state index is -3.79. The van der Waals surface area contributed by atoms with Gasteiger partial charge in [0.2, 0.25) is 15.9 Å². The van der Waals surface area contributed by atoms with Crippen LogP contribution < -0.4 is 5.32 Å². The van der Waals surface area contributed by atoms with E-state index >= 15 is 0 Å². The van der Waals surface area contributed by atoms with Gasteiger partial charge in [0.05, 0.1) is 15.4 Å². The van der Waals surface area contributed by atoms with Gasteiger partial charge in [-0.25, -0.2) is 8.42 Å². The summed E-state index contributed by atoms with van der Waals surface area (Å²) in [5.41, 5.74) is -0.376. The van der Waals surface area contributed by atoms with Gasteiger partial charge in [0.1, 0.15) is 11.6 Å². The van der Waals surface area contributed by atoms with Crippen molar-refractivity contribution in [2.45, 2.75) is 38.6 Å². The van der Waals surface area contributed by atoms with Gasteiger partial charge in [-0.3, -0.25) is 29.4 Å². The SMILES string of the molecule is CCN(CC)S(=O)(=O)c1cc(NC(=O)C(C)N2C(=O)c3cccc([N+](=O)[O-])c3C2=O)ccc1C. The first-order valence-corrected chi connectivity index (χ1v) is 12.0. The maximum atomic E-state index is 13.0. The van der Waals surface area contributed by atoms with Crippen molar-refractivity contribution < 1.29 is 27.7 Å². The molecule has 1 aliphatic rings. The highest BCUT2D eigenvalue weighted by Crippen LogP contribution is 2.32. The fourth-order valence-corrected chi connectivity index (χ4v) is 5.52. The number of anilines is 1. The summed E-state index contributed by atoms with van der Waals surface area (Å²) in [4.78, 5) is 49.7. The van der Waals surface area contributed by atoms with Crippen LogP contribution in [0.4, 0.5) is 11.4 Å². The molecule has 3 amide bonds. The molecule has 0 bridgehead atoms. The lowest BCUT2D eigenvalue weighted by Gasteiger charge is -2.23. The van der Waals surface area contributed by atoms with Gasteiger partial charge in [-0.05, 0) is 37.6 Å². The molecule has 1 N–H and O–H groups in total. The summed E-state index contributed by atoms with van der Waals surface area (Å²) >= 11 is 0. The van der Waals surface area contributed by atoms with Crippen LogP contribution in [-0.2, 0) is 14.8 Å². The van der Waals surface area contributed by atoms with Gasteiger partial charge < -0.3 is 5.32 Å². The van der Waals surface area contributed by atoms with Crippen LogP contribution in [0.3, 0.4) is 0 Å². The molecule has 1 aliphatic heterocycles. The van der Waals surface area contributed by atoms with E-state index < -0.39 is 44.4 Å². The number of aryl methyl sites for hydroxylation is 1.